The second kappa shape index (κ2) is 4.76. The first-order valence-electron chi connectivity index (χ1n) is 6.53. The lowest BCUT2D eigenvalue weighted by Gasteiger charge is -2.24. The largest absolute Gasteiger partial charge is 0.496 e. The minimum absolute atomic E-state index is 0.00979. The van der Waals surface area contributed by atoms with Gasteiger partial charge in [-0.2, -0.15) is 0 Å². The molecule has 0 saturated carbocycles. The number of amides is 2. The van der Waals surface area contributed by atoms with Gasteiger partial charge in [0.1, 0.15) is 5.75 Å². The van der Waals surface area contributed by atoms with Crippen molar-refractivity contribution in [2.24, 2.45) is 0 Å². The van der Waals surface area contributed by atoms with E-state index in [-0.39, 0.29) is 17.5 Å². The molecular formula is C15H22N2O2. The molecule has 2 rings (SSSR count). The first-order valence-corrected chi connectivity index (χ1v) is 6.53. The van der Waals surface area contributed by atoms with Gasteiger partial charge in [0.25, 0.3) is 0 Å². The summed E-state index contributed by atoms with van der Waals surface area (Å²) < 4.78 is 5.43. The lowest BCUT2D eigenvalue weighted by atomic mass is 9.84. The first kappa shape index (κ1) is 13.7. The van der Waals surface area contributed by atoms with E-state index in [0.717, 1.165) is 16.9 Å². The molecule has 1 fully saturated rings. The Bertz CT molecular complexity index is 491. The van der Waals surface area contributed by atoms with Crippen molar-refractivity contribution in [3.8, 4) is 5.75 Å². The van der Waals surface area contributed by atoms with Crippen molar-refractivity contribution in [3.63, 3.8) is 0 Å². The van der Waals surface area contributed by atoms with Crippen molar-refractivity contribution in [1.82, 2.24) is 10.2 Å². The molecule has 0 radical (unpaired) electrons. The standard InChI is InChI=1S/C15H22N2O2/c1-15(2,3)11-8-10(6-7-13(11)19-5)12-9-17(4)14(18)16-12/h6-8,12H,9H2,1-5H3,(H,16,18). The third-order valence-corrected chi connectivity index (χ3v) is 3.53. The molecule has 1 aromatic carbocycles. The van der Waals surface area contributed by atoms with E-state index in [1.165, 1.54) is 0 Å². The highest BCUT2D eigenvalue weighted by atomic mass is 16.5. The fourth-order valence-electron chi connectivity index (χ4n) is 2.38. The third kappa shape index (κ3) is 2.67. The van der Waals surface area contributed by atoms with Crippen LogP contribution in [0.4, 0.5) is 4.79 Å². The number of hydrogen-bond acceptors (Lipinski definition) is 2. The fourth-order valence-corrected chi connectivity index (χ4v) is 2.38. The number of ether oxygens (including phenoxy) is 1. The van der Waals surface area contributed by atoms with Gasteiger partial charge in [-0.3, -0.25) is 0 Å². The molecule has 1 aliphatic heterocycles. The summed E-state index contributed by atoms with van der Waals surface area (Å²) in [5.41, 5.74) is 2.30. The molecule has 1 atom stereocenters. The maximum absolute atomic E-state index is 11.6. The van der Waals surface area contributed by atoms with Gasteiger partial charge in [-0.05, 0) is 28.7 Å². The molecule has 1 aromatic rings. The average molecular weight is 262 g/mol. The number of nitrogens with zero attached hydrogens (tertiary/aromatic N) is 1. The summed E-state index contributed by atoms with van der Waals surface area (Å²) >= 11 is 0. The van der Waals surface area contributed by atoms with E-state index in [4.69, 9.17) is 4.74 Å². The molecule has 104 valence electrons. The van der Waals surface area contributed by atoms with Crippen molar-refractivity contribution in [1.29, 1.82) is 0 Å². The minimum Gasteiger partial charge on any atom is -0.496 e. The molecular weight excluding hydrogens is 240 g/mol. The fraction of sp³-hybridized carbons (Fsp3) is 0.533. The number of rotatable bonds is 2. The number of carbonyl (C=O) groups excluding carboxylic acids is 1. The number of urea groups is 1. The van der Waals surface area contributed by atoms with Crippen LogP contribution >= 0.6 is 0 Å². The summed E-state index contributed by atoms with van der Waals surface area (Å²) in [5, 5.41) is 2.98. The summed E-state index contributed by atoms with van der Waals surface area (Å²) in [4.78, 5) is 13.3. The molecule has 1 N–H and O–H groups in total. The van der Waals surface area contributed by atoms with E-state index >= 15 is 0 Å². The van der Waals surface area contributed by atoms with Gasteiger partial charge in [-0.15, -0.1) is 0 Å². The van der Waals surface area contributed by atoms with Crippen molar-refractivity contribution in [3.05, 3.63) is 29.3 Å². The molecule has 0 spiro atoms. The zero-order chi connectivity index (χ0) is 14.2. The van der Waals surface area contributed by atoms with Crippen LogP contribution < -0.4 is 10.1 Å². The monoisotopic (exact) mass is 262 g/mol. The normalized spacial score (nSPS) is 19.5. The maximum atomic E-state index is 11.6. The van der Waals surface area contributed by atoms with E-state index in [9.17, 15) is 4.79 Å². The predicted octanol–water partition coefficient (Wildman–Crippen LogP) is 2.69. The maximum Gasteiger partial charge on any atom is 0.317 e. The number of methoxy groups -OCH3 is 1. The van der Waals surface area contributed by atoms with Gasteiger partial charge in [-0.25, -0.2) is 4.79 Å². The van der Waals surface area contributed by atoms with Crippen LogP contribution in [0.25, 0.3) is 0 Å². The molecule has 1 saturated heterocycles. The van der Waals surface area contributed by atoms with Gasteiger partial charge >= 0.3 is 6.03 Å². The summed E-state index contributed by atoms with van der Waals surface area (Å²) in [6.45, 7) is 7.19. The van der Waals surface area contributed by atoms with Crippen molar-refractivity contribution >= 4 is 6.03 Å². The van der Waals surface area contributed by atoms with Crippen molar-refractivity contribution in [2.45, 2.75) is 32.2 Å². The van der Waals surface area contributed by atoms with Gasteiger partial charge < -0.3 is 15.0 Å². The molecule has 1 heterocycles. The quantitative estimate of drug-likeness (QED) is 0.890. The Balaban J connectivity index is 2.36. The Labute approximate surface area is 114 Å². The molecule has 19 heavy (non-hydrogen) atoms. The van der Waals surface area contributed by atoms with Crippen molar-refractivity contribution < 1.29 is 9.53 Å². The number of nitrogens with one attached hydrogen (secondary N) is 1. The summed E-state index contributed by atoms with van der Waals surface area (Å²) in [5.74, 6) is 0.897. The molecule has 4 heteroatoms. The van der Waals surface area contributed by atoms with E-state index in [1.54, 1.807) is 12.0 Å². The number of likely N-dealkylation sites (N-methyl/N-ethyl adjacent to an activating group) is 1. The number of benzene rings is 1. The second-order valence-corrected chi connectivity index (χ2v) is 6.09. The van der Waals surface area contributed by atoms with Gasteiger partial charge in [-0.1, -0.05) is 26.8 Å². The zero-order valence-corrected chi connectivity index (χ0v) is 12.3. The van der Waals surface area contributed by atoms with Crippen LogP contribution in [0.1, 0.15) is 37.9 Å². The van der Waals surface area contributed by atoms with Gasteiger partial charge in [0, 0.05) is 13.6 Å². The lowest BCUT2D eigenvalue weighted by Crippen LogP contribution is -2.24. The minimum atomic E-state index is -0.0156. The highest BCUT2D eigenvalue weighted by Crippen LogP contribution is 2.34. The molecule has 2 amide bonds. The highest BCUT2D eigenvalue weighted by Gasteiger charge is 2.28. The molecule has 4 nitrogen and oxygen atoms in total. The van der Waals surface area contributed by atoms with Gasteiger partial charge in [0.05, 0.1) is 13.2 Å². The molecule has 0 bridgehead atoms. The SMILES string of the molecule is COc1ccc(C2CN(C)C(=O)N2)cc1C(C)(C)C. The first-order chi connectivity index (χ1) is 8.82. The number of hydrogen-bond donors (Lipinski definition) is 1. The average Bonchev–Trinajstić information content (AvgIpc) is 2.68. The van der Waals surface area contributed by atoms with E-state index in [2.05, 4.69) is 32.2 Å². The van der Waals surface area contributed by atoms with Crippen LogP contribution in [0.3, 0.4) is 0 Å². The van der Waals surface area contributed by atoms with Gasteiger partial charge in [0.2, 0.25) is 0 Å². The Kier molecular flexibility index (Phi) is 3.43. The summed E-state index contributed by atoms with van der Waals surface area (Å²) in [6, 6.07) is 6.20. The summed E-state index contributed by atoms with van der Waals surface area (Å²) in [7, 11) is 3.50. The topological polar surface area (TPSA) is 41.6 Å². The molecule has 1 unspecified atom stereocenters. The van der Waals surface area contributed by atoms with Crippen LogP contribution in [0.2, 0.25) is 0 Å². The van der Waals surface area contributed by atoms with Crippen LogP contribution in [0.5, 0.6) is 5.75 Å². The second-order valence-electron chi connectivity index (χ2n) is 6.09. The Morgan fingerprint density at radius 1 is 1.37 bits per heavy atom. The lowest BCUT2D eigenvalue weighted by molar-refractivity contribution is 0.226. The van der Waals surface area contributed by atoms with Gasteiger partial charge in [0.15, 0.2) is 0 Å². The van der Waals surface area contributed by atoms with E-state index < -0.39 is 0 Å². The van der Waals surface area contributed by atoms with Crippen molar-refractivity contribution in [2.75, 3.05) is 20.7 Å². The zero-order valence-electron chi connectivity index (χ0n) is 12.3. The smallest absolute Gasteiger partial charge is 0.317 e. The Morgan fingerprint density at radius 2 is 2.05 bits per heavy atom. The highest BCUT2D eigenvalue weighted by molar-refractivity contribution is 5.77. The summed E-state index contributed by atoms with van der Waals surface area (Å²) in [6.07, 6.45) is 0. The van der Waals surface area contributed by atoms with Crippen LogP contribution in [0, 0.1) is 0 Å². The van der Waals surface area contributed by atoms with Crippen LogP contribution in [-0.2, 0) is 5.41 Å². The van der Waals surface area contributed by atoms with E-state index in [0.29, 0.717) is 6.54 Å². The molecule has 0 aliphatic carbocycles. The third-order valence-electron chi connectivity index (χ3n) is 3.53. The molecule has 1 aliphatic rings. The van der Waals surface area contributed by atoms with Crippen LogP contribution in [0.15, 0.2) is 18.2 Å². The Hall–Kier alpha value is -1.71. The van der Waals surface area contributed by atoms with E-state index in [1.807, 2.05) is 19.2 Å². The predicted molar refractivity (Wildman–Crippen MR) is 75.6 cm³/mol. The van der Waals surface area contributed by atoms with Crippen LogP contribution in [-0.4, -0.2) is 31.6 Å². The Morgan fingerprint density at radius 3 is 2.53 bits per heavy atom. The number of carbonyl (C=O) groups is 1. The molecule has 0 aromatic heterocycles.